The SMILES string of the molecule is CCOc1ccc(N2C(=O)[C@H]3[C@H](ON(c4ccccc4)[C@@H]3c3cccc(Br)c3)C2=O)cc1. The maximum Gasteiger partial charge on any atom is 0.266 e. The first-order valence-corrected chi connectivity index (χ1v) is 11.2. The van der Waals surface area contributed by atoms with E-state index in [0.29, 0.717) is 18.0 Å². The number of anilines is 2. The number of fused-ring (bicyclic) bond motifs is 1. The second-order valence-electron chi connectivity index (χ2n) is 7.65. The highest BCUT2D eigenvalue weighted by Gasteiger charge is 2.60. The van der Waals surface area contributed by atoms with Gasteiger partial charge in [0.15, 0.2) is 6.10 Å². The van der Waals surface area contributed by atoms with Gasteiger partial charge in [-0.2, -0.15) is 0 Å². The molecule has 0 bridgehead atoms. The highest BCUT2D eigenvalue weighted by Crippen LogP contribution is 2.47. The Bertz CT molecular complexity index is 1150. The van der Waals surface area contributed by atoms with E-state index in [1.54, 1.807) is 29.3 Å². The summed E-state index contributed by atoms with van der Waals surface area (Å²) in [5.74, 6) is -0.604. The van der Waals surface area contributed by atoms with E-state index in [-0.39, 0.29) is 11.8 Å². The molecule has 0 N–H and O–H groups in total. The van der Waals surface area contributed by atoms with E-state index in [9.17, 15) is 9.59 Å². The van der Waals surface area contributed by atoms with Crippen LogP contribution in [0.5, 0.6) is 5.75 Å². The lowest BCUT2D eigenvalue weighted by molar-refractivity contribution is -0.126. The molecule has 162 valence electrons. The number of hydrogen-bond acceptors (Lipinski definition) is 5. The first-order valence-electron chi connectivity index (χ1n) is 10.5. The third-order valence-corrected chi connectivity index (χ3v) is 6.22. The number of carbonyl (C=O) groups is 2. The Kier molecular flexibility index (Phi) is 5.45. The molecule has 0 saturated carbocycles. The number of amides is 2. The fourth-order valence-corrected chi connectivity index (χ4v) is 4.77. The van der Waals surface area contributed by atoms with E-state index in [1.807, 2.05) is 61.5 Å². The number of hydrogen-bond donors (Lipinski definition) is 0. The molecule has 2 fully saturated rings. The quantitative estimate of drug-likeness (QED) is 0.474. The van der Waals surface area contributed by atoms with Gasteiger partial charge < -0.3 is 4.74 Å². The fraction of sp³-hybridized carbons (Fsp3) is 0.200. The molecule has 0 aromatic heterocycles. The minimum atomic E-state index is -0.891. The molecule has 0 radical (unpaired) electrons. The number of hydroxylamine groups is 1. The van der Waals surface area contributed by atoms with Gasteiger partial charge in [-0.1, -0.05) is 46.3 Å². The van der Waals surface area contributed by atoms with E-state index >= 15 is 0 Å². The number of rotatable bonds is 5. The topological polar surface area (TPSA) is 59.1 Å². The number of carbonyl (C=O) groups excluding carboxylic acids is 2. The molecule has 7 heteroatoms. The molecular formula is C25H21BrN2O4. The molecular weight excluding hydrogens is 472 g/mol. The molecule has 0 aliphatic carbocycles. The van der Waals surface area contributed by atoms with Crippen LogP contribution in [0.25, 0.3) is 0 Å². The highest BCUT2D eigenvalue weighted by molar-refractivity contribution is 9.10. The monoisotopic (exact) mass is 492 g/mol. The molecule has 0 unspecified atom stereocenters. The molecule has 0 spiro atoms. The second kappa shape index (κ2) is 8.41. The van der Waals surface area contributed by atoms with Crippen LogP contribution >= 0.6 is 15.9 Å². The molecule has 2 amide bonds. The average molecular weight is 493 g/mol. The van der Waals surface area contributed by atoms with E-state index in [1.165, 1.54) is 4.90 Å². The summed E-state index contributed by atoms with van der Waals surface area (Å²) in [6.07, 6.45) is -0.891. The van der Waals surface area contributed by atoms with Crippen LogP contribution in [-0.2, 0) is 14.4 Å². The molecule has 3 atom stereocenters. The first kappa shape index (κ1) is 20.7. The predicted molar refractivity (Wildman–Crippen MR) is 124 cm³/mol. The Morgan fingerprint density at radius 2 is 1.66 bits per heavy atom. The van der Waals surface area contributed by atoms with Crippen LogP contribution in [-0.4, -0.2) is 24.5 Å². The number of imide groups is 1. The van der Waals surface area contributed by atoms with E-state index in [0.717, 1.165) is 15.7 Å². The van der Waals surface area contributed by atoms with E-state index in [2.05, 4.69) is 15.9 Å². The van der Waals surface area contributed by atoms with Crippen LogP contribution in [0.4, 0.5) is 11.4 Å². The van der Waals surface area contributed by atoms with Crippen molar-refractivity contribution in [1.82, 2.24) is 0 Å². The van der Waals surface area contributed by atoms with Crippen LogP contribution in [0.15, 0.2) is 83.3 Å². The van der Waals surface area contributed by atoms with Crippen LogP contribution in [0.3, 0.4) is 0 Å². The minimum Gasteiger partial charge on any atom is -0.494 e. The Hall–Kier alpha value is -3.16. The van der Waals surface area contributed by atoms with E-state index < -0.39 is 18.1 Å². The summed E-state index contributed by atoms with van der Waals surface area (Å²) in [6, 6.07) is 23.8. The van der Waals surface area contributed by atoms with Gasteiger partial charge in [-0.3, -0.25) is 14.4 Å². The Balaban J connectivity index is 1.54. The van der Waals surface area contributed by atoms with E-state index in [4.69, 9.17) is 9.57 Å². The Morgan fingerprint density at radius 1 is 0.906 bits per heavy atom. The second-order valence-corrected chi connectivity index (χ2v) is 8.57. The zero-order valence-corrected chi connectivity index (χ0v) is 18.9. The van der Waals surface area contributed by atoms with Crippen molar-refractivity contribution in [2.45, 2.75) is 19.1 Å². The molecule has 2 aliphatic heterocycles. The summed E-state index contributed by atoms with van der Waals surface area (Å²) in [6.45, 7) is 2.45. The molecule has 3 aromatic carbocycles. The van der Waals surface area contributed by atoms with Gasteiger partial charge in [-0.05, 0) is 61.0 Å². The minimum absolute atomic E-state index is 0.271. The van der Waals surface area contributed by atoms with Crippen LogP contribution in [0, 0.1) is 5.92 Å². The summed E-state index contributed by atoms with van der Waals surface area (Å²) in [5.41, 5.74) is 2.20. The van der Waals surface area contributed by atoms with Gasteiger partial charge in [0, 0.05) is 4.47 Å². The molecule has 6 nitrogen and oxygen atoms in total. The number of benzene rings is 3. The van der Waals surface area contributed by atoms with Crippen molar-refractivity contribution in [3.05, 3.63) is 88.9 Å². The van der Waals surface area contributed by atoms with Gasteiger partial charge >= 0.3 is 0 Å². The van der Waals surface area contributed by atoms with Crippen LogP contribution in [0.1, 0.15) is 18.5 Å². The highest BCUT2D eigenvalue weighted by atomic mass is 79.9. The number of ether oxygens (including phenoxy) is 1. The number of nitrogens with zero attached hydrogens (tertiary/aromatic N) is 2. The van der Waals surface area contributed by atoms with Crippen molar-refractivity contribution in [3.8, 4) is 5.75 Å². The summed E-state index contributed by atoms with van der Waals surface area (Å²) >= 11 is 3.52. The zero-order chi connectivity index (χ0) is 22.2. The van der Waals surface area contributed by atoms with Crippen molar-refractivity contribution in [2.75, 3.05) is 16.6 Å². The number of para-hydroxylation sites is 1. The average Bonchev–Trinajstić information content (AvgIpc) is 3.31. The van der Waals surface area contributed by atoms with Crippen LogP contribution < -0.4 is 14.7 Å². The number of halogens is 1. The first-order chi connectivity index (χ1) is 15.6. The van der Waals surface area contributed by atoms with Gasteiger partial charge in [-0.15, -0.1) is 0 Å². The van der Waals surface area contributed by atoms with Crippen molar-refractivity contribution < 1.29 is 19.2 Å². The lowest BCUT2D eigenvalue weighted by Gasteiger charge is -2.28. The molecule has 3 aromatic rings. The largest absolute Gasteiger partial charge is 0.494 e. The molecule has 5 rings (SSSR count). The lowest BCUT2D eigenvalue weighted by atomic mass is 9.90. The molecule has 2 heterocycles. The Morgan fingerprint density at radius 3 is 2.34 bits per heavy atom. The summed E-state index contributed by atoms with van der Waals surface area (Å²) in [5, 5.41) is 1.70. The van der Waals surface area contributed by atoms with Crippen molar-refractivity contribution in [2.24, 2.45) is 5.92 Å². The summed E-state index contributed by atoms with van der Waals surface area (Å²) < 4.78 is 6.37. The third-order valence-electron chi connectivity index (χ3n) is 5.72. The van der Waals surface area contributed by atoms with Gasteiger partial charge in [0.05, 0.1) is 24.0 Å². The Labute approximate surface area is 194 Å². The molecule has 2 aliphatic rings. The maximum absolute atomic E-state index is 13.6. The van der Waals surface area contributed by atoms with Gasteiger partial charge in [0.25, 0.3) is 5.91 Å². The van der Waals surface area contributed by atoms with Crippen LogP contribution in [0.2, 0.25) is 0 Å². The third kappa shape index (κ3) is 3.47. The summed E-state index contributed by atoms with van der Waals surface area (Å²) in [4.78, 5) is 34.3. The fourth-order valence-electron chi connectivity index (χ4n) is 4.36. The molecule has 2 saturated heterocycles. The maximum atomic E-state index is 13.6. The van der Waals surface area contributed by atoms with Crippen molar-refractivity contribution in [3.63, 3.8) is 0 Å². The van der Waals surface area contributed by atoms with Crippen molar-refractivity contribution in [1.29, 1.82) is 0 Å². The van der Waals surface area contributed by atoms with Gasteiger partial charge in [0.1, 0.15) is 11.7 Å². The normalized spacial score (nSPS) is 22.4. The summed E-state index contributed by atoms with van der Waals surface area (Å²) in [7, 11) is 0. The van der Waals surface area contributed by atoms with Gasteiger partial charge in [0.2, 0.25) is 5.91 Å². The zero-order valence-electron chi connectivity index (χ0n) is 17.4. The van der Waals surface area contributed by atoms with Crippen molar-refractivity contribution >= 4 is 39.1 Å². The smallest absolute Gasteiger partial charge is 0.266 e. The molecule has 32 heavy (non-hydrogen) atoms. The van der Waals surface area contributed by atoms with Gasteiger partial charge in [-0.25, -0.2) is 9.96 Å². The standard InChI is InChI=1S/C25H21BrN2O4/c1-2-31-20-13-11-18(12-14-20)27-24(29)21-22(16-7-6-8-17(26)15-16)28(32-23(21)25(27)30)19-9-4-3-5-10-19/h3-15,21-23H,2H2,1H3/t21-,22-,23+/m1/s1. The predicted octanol–water partition coefficient (Wildman–Crippen LogP) is 4.90. The lowest BCUT2D eigenvalue weighted by Crippen LogP contribution is -2.37.